The summed E-state index contributed by atoms with van der Waals surface area (Å²) in [6.45, 7) is 8.78. The van der Waals surface area contributed by atoms with E-state index in [9.17, 15) is 4.79 Å². The quantitative estimate of drug-likeness (QED) is 0.0262. The summed E-state index contributed by atoms with van der Waals surface area (Å²) in [7, 11) is 4.05. The van der Waals surface area contributed by atoms with E-state index in [2.05, 4.69) is 67.4 Å². The van der Waals surface area contributed by atoms with Gasteiger partial charge >= 0.3 is 5.97 Å². The highest BCUT2D eigenvalue weighted by molar-refractivity contribution is 5.69. The van der Waals surface area contributed by atoms with E-state index >= 15 is 0 Å². The molecule has 0 rings (SSSR count). The molecule has 0 N–H and O–H groups in total. The van der Waals surface area contributed by atoms with Gasteiger partial charge in [-0.25, -0.2) is 0 Å². The molecule has 0 aliphatic carbocycles. The molecule has 0 saturated carbocycles. The zero-order chi connectivity index (χ0) is 42.1. The molecule has 0 unspecified atom stereocenters. The van der Waals surface area contributed by atoms with Crippen LogP contribution in [-0.2, 0) is 28.5 Å². The maximum Gasteiger partial charge on any atom is 0.306 e. The third-order valence-electron chi connectivity index (χ3n) is 10.2. The molecule has 0 aliphatic rings. The fraction of sp³-hybridized carbons (Fsp3) is 0.824. The van der Waals surface area contributed by atoms with Gasteiger partial charge in [0.15, 0.2) is 0 Å². The normalized spacial score (nSPS) is 12.3. The van der Waals surface area contributed by atoms with Gasteiger partial charge in [0, 0.05) is 32.8 Å². The molecule has 0 aromatic carbocycles. The van der Waals surface area contributed by atoms with Gasteiger partial charge in [-0.2, -0.15) is 0 Å². The van der Waals surface area contributed by atoms with Crippen molar-refractivity contribution in [2.75, 3.05) is 60.7 Å². The molecule has 7 nitrogen and oxygen atoms in total. The standard InChI is InChI=1S/C51H95NO6/c1-5-7-9-11-13-15-17-19-21-23-25-27-29-31-33-35-44-54-48-56-46-38-40-50(58-51(53)42-37-43-52(3)4)41-39-47-57-49-55-45-36-34-32-30-28-26-24-22-20-18-16-14-12-10-8-6-2/h13-16,19-22,50H,5-12,17-18,23-49H2,1-4H3/b15-13-,16-14-,21-19-,22-20-. The number of carbonyl (C=O) groups is 1. The van der Waals surface area contributed by atoms with E-state index in [-0.39, 0.29) is 12.1 Å². The summed E-state index contributed by atoms with van der Waals surface area (Å²) >= 11 is 0. The molecule has 0 aliphatic heterocycles. The van der Waals surface area contributed by atoms with Crippen molar-refractivity contribution < 1.29 is 28.5 Å². The van der Waals surface area contributed by atoms with Crippen molar-refractivity contribution in [3.05, 3.63) is 48.6 Å². The lowest BCUT2D eigenvalue weighted by Crippen LogP contribution is -2.21. The number of rotatable bonds is 47. The Morgan fingerprint density at radius 1 is 0.448 bits per heavy atom. The number of hydrogen-bond donors (Lipinski definition) is 0. The Labute approximate surface area is 360 Å². The molecule has 0 heterocycles. The Morgan fingerprint density at radius 3 is 1.21 bits per heavy atom. The number of carbonyl (C=O) groups excluding carboxylic acids is 1. The van der Waals surface area contributed by atoms with E-state index in [1.54, 1.807) is 0 Å². The van der Waals surface area contributed by atoms with Gasteiger partial charge in [-0.3, -0.25) is 4.79 Å². The lowest BCUT2D eigenvalue weighted by Gasteiger charge is -2.18. The molecule has 0 aromatic heterocycles. The maximum absolute atomic E-state index is 12.5. The Morgan fingerprint density at radius 2 is 0.810 bits per heavy atom. The molecule has 0 atom stereocenters. The zero-order valence-electron chi connectivity index (χ0n) is 38.8. The number of nitrogens with zero attached hydrogens (tertiary/aromatic N) is 1. The highest BCUT2D eigenvalue weighted by Gasteiger charge is 2.14. The molecule has 0 radical (unpaired) electrons. The van der Waals surface area contributed by atoms with Crippen LogP contribution >= 0.6 is 0 Å². The molecule has 0 bridgehead atoms. The summed E-state index contributed by atoms with van der Waals surface area (Å²) in [5.41, 5.74) is 0. The van der Waals surface area contributed by atoms with Crippen molar-refractivity contribution in [2.24, 2.45) is 0 Å². The number of hydrogen-bond acceptors (Lipinski definition) is 7. The van der Waals surface area contributed by atoms with Crippen molar-refractivity contribution in [1.82, 2.24) is 4.90 Å². The predicted octanol–water partition coefficient (Wildman–Crippen LogP) is 14.4. The van der Waals surface area contributed by atoms with Crippen molar-refractivity contribution in [1.29, 1.82) is 0 Å². The molecule has 7 heteroatoms. The van der Waals surface area contributed by atoms with Crippen LogP contribution in [0.3, 0.4) is 0 Å². The van der Waals surface area contributed by atoms with E-state index < -0.39 is 0 Å². The largest absolute Gasteiger partial charge is 0.462 e. The van der Waals surface area contributed by atoms with Gasteiger partial charge in [0.2, 0.25) is 0 Å². The lowest BCUT2D eigenvalue weighted by atomic mass is 10.1. The van der Waals surface area contributed by atoms with Crippen molar-refractivity contribution in [3.8, 4) is 0 Å². The second-order valence-electron chi connectivity index (χ2n) is 16.3. The van der Waals surface area contributed by atoms with Crippen LogP contribution in [0.15, 0.2) is 48.6 Å². The van der Waals surface area contributed by atoms with Crippen LogP contribution in [0.2, 0.25) is 0 Å². The van der Waals surface area contributed by atoms with Gasteiger partial charge in [-0.05, 0) is 130 Å². The van der Waals surface area contributed by atoms with E-state index in [0.717, 1.165) is 77.5 Å². The van der Waals surface area contributed by atoms with Gasteiger partial charge in [-0.15, -0.1) is 0 Å². The first-order chi connectivity index (χ1) is 28.6. The van der Waals surface area contributed by atoms with Gasteiger partial charge in [0.25, 0.3) is 0 Å². The minimum absolute atomic E-state index is 0.109. The summed E-state index contributed by atoms with van der Waals surface area (Å²) in [5.74, 6) is -0.109. The third kappa shape index (κ3) is 48.6. The summed E-state index contributed by atoms with van der Waals surface area (Å²) in [4.78, 5) is 14.6. The smallest absolute Gasteiger partial charge is 0.306 e. The number of allylic oxidation sites excluding steroid dienone is 8. The second kappa shape index (κ2) is 49.6. The summed E-state index contributed by atoms with van der Waals surface area (Å²) in [6.07, 6.45) is 52.9. The van der Waals surface area contributed by atoms with Crippen molar-refractivity contribution in [2.45, 2.75) is 213 Å². The second-order valence-corrected chi connectivity index (χ2v) is 16.3. The van der Waals surface area contributed by atoms with E-state index in [1.165, 1.54) is 128 Å². The Kier molecular flexibility index (Phi) is 48.1. The van der Waals surface area contributed by atoms with Gasteiger partial charge in [0.05, 0.1) is 0 Å². The van der Waals surface area contributed by atoms with Crippen LogP contribution in [0.1, 0.15) is 206 Å². The van der Waals surface area contributed by atoms with Crippen LogP contribution in [-0.4, -0.2) is 77.6 Å². The zero-order valence-corrected chi connectivity index (χ0v) is 38.8. The first-order valence-electron chi connectivity index (χ1n) is 24.3. The average Bonchev–Trinajstić information content (AvgIpc) is 3.21. The first-order valence-corrected chi connectivity index (χ1v) is 24.3. The minimum Gasteiger partial charge on any atom is -0.462 e. The van der Waals surface area contributed by atoms with Crippen LogP contribution in [0.4, 0.5) is 0 Å². The van der Waals surface area contributed by atoms with Crippen LogP contribution < -0.4 is 0 Å². The van der Waals surface area contributed by atoms with Crippen molar-refractivity contribution in [3.63, 3.8) is 0 Å². The lowest BCUT2D eigenvalue weighted by molar-refractivity contribution is -0.150. The van der Waals surface area contributed by atoms with Crippen LogP contribution in [0.25, 0.3) is 0 Å². The Hall–Kier alpha value is -1.77. The first kappa shape index (κ1) is 56.2. The van der Waals surface area contributed by atoms with E-state index in [0.29, 0.717) is 33.2 Å². The Bertz CT molecular complexity index is 872. The molecule has 0 aromatic rings. The minimum atomic E-state index is -0.113. The number of ether oxygens (including phenoxy) is 5. The fourth-order valence-electron chi connectivity index (χ4n) is 6.61. The van der Waals surface area contributed by atoms with E-state index in [4.69, 9.17) is 23.7 Å². The Balaban J connectivity index is 3.84. The van der Waals surface area contributed by atoms with Crippen LogP contribution in [0.5, 0.6) is 0 Å². The van der Waals surface area contributed by atoms with Crippen molar-refractivity contribution >= 4 is 5.97 Å². The molecular weight excluding hydrogens is 723 g/mol. The third-order valence-corrected chi connectivity index (χ3v) is 10.2. The summed E-state index contributed by atoms with van der Waals surface area (Å²) in [6, 6.07) is 0. The van der Waals surface area contributed by atoms with Gasteiger partial charge in [0.1, 0.15) is 19.7 Å². The molecule has 0 amide bonds. The number of esters is 1. The predicted molar refractivity (Wildman–Crippen MR) is 248 cm³/mol. The highest BCUT2D eigenvalue weighted by Crippen LogP contribution is 2.14. The highest BCUT2D eigenvalue weighted by atomic mass is 16.7. The fourth-order valence-corrected chi connectivity index (χ4v) is 6.61. The maximum atomic E-state index is 12.5. The molecule has 0 spiro atoms. The molecule has 340 valence electrons. The van der Waals surface area contributed by atoms with Gasteiger partial charge < -0.3 is 28.6 Å². The molecular formula is C51H95NO6. The summed E-state index contributed by atoms with van der Waals surface area (Å²) in [5, 5.41) is 0. The average molecular weight is 818 g/mol. The summed E-state index contributed by atoms with van der Waals surface area (Å²) < 4.78 is 28.8. The molecule has 0 fully saturated rings. The number of unbranched alkanes of at least 4 members (excludes halogenated alkanes) is 18. The molecule has 0 saturated heterocycles. The van der Waals surface area contributed by atoms with Crippen LogP contribution in [0, 0.1) is 0 Å². The topological polar surface area (TPSA) is 66.5 Å². The van der Waals surface area contributed by atoms with E-state index in [1.807, 2.05) is 14.1 Å². The molecule has 58 heavy (non-hydrogen) atoms. The SMILES string of the molecule is CCCCC/C=C\C/C=C\CCCCCCCCOCOCCCC(CCCOCOCCCCCCCC/C=C\C/C=C\CCCCC)OC(=O)CCCN(C)C. The van der Waals surface area contributed by atoms with Gasteiger partial charge in [-0.1, -0.05) is 140 Å². The monoisotopic (exact) mass is 818 g/mol.